The first-order chi connectivity index (χ1) is 24.8. The van der Waals surface area contributed by atoms with Gasteiger partial charge in [0.25, 0.3) is 24.7 Å². The number of amides is 2. The molecule has 0 spiro atoms. The van der Waals surface area contributed by atoms with Gasteiger partial charge in [0.05, 0.1) is 11.1 Å². The van der Waals surface area contributed by atoms with Gasteiger partial charge in [-0.3, -0.25) is 19.0 Å². The standard InChI is InChI=1S/2C20H23F2N3O/c2*1-10(2)16-12-7-8-13(16)17-11(12)5-4-6-15(17)23-20(26)14-9-25(3)24-18(14)19(21)22/h2*4-6,9-10,12-13,16,19H,7-8H2,1-3H3,(H,23,26). The maximum atomic E-state index is 13.2. The van der Waals surface area contributed by atoms with E-state index in [4.69, 9.17) is 0 Å². The minimum atomic E-state index is -2.78. The highest BCUT2D eigenvalue weighted by atomic mass is 19.3. The van der Waals surface area contributed by atoms with Crippen LogP contribution in [0.25, 0.3) is 0 Å². The van der Waals surface area contributed by atoms with Gasteiger partial charge >= 0.3 is 0 Å². The van der Waals surface area contributed by atoms with Crippen molar-refractivity contribution in [3.8, 4) is 0 Å². The number of hydrogen-bond acceptors (Lipinski definition) is 4. The van der Waals surface area contributed by atoms with Gasteiger partial charge in [-0.25, -0.2) is 17.6 Å². The number of nitrogens with zero attached hydrogens (tertiary/aromatic N) is 4. The molecule has 4 aliphatic carbocycles. The molecule has 4 bridgehead atoms. The molecule has 2 aromatic carbocycles. The molecule has 8 rings (SSSR count). The third-order valence-corrected chi connectivity index (χ3v) is 11.9. The minimum Gasteiger partial charge on any atom is -0.322 e. The lowest BCUT2D eigenvalue weighted by Gasteiger charge is -2.21. The second kappa shape index (κ2) is 13.8. The number of rotatable bonds is 8. The summed E-state index contributed by atoms with van der Waals surface area (Å²) >= 11 is 0. The van der Waals surface area contributed by atoms with E-state index in [1.807, 2.05) is 24.3 Å². The normalized spacial score (nSPS) is 23.7. The van der Waals surface area contributed by atoms with Gasteiger partial charge in [0.1, 0.15) is 11.4 Å². The predicted molar refractivity (Wildman–Crippen MR) is 191 cm³/mol. The fraction of sp³-hybridized carbons (Fsp3) is 0.500. The molecule has 2 amide bonds. The maximum absolute atomic E-state index is 13.2. The van der Waals surface area contributed by atoms with Crippen LogP contribution in [0.2, 0.25) is 0 Å². The summed E-state index contributed by atoms with van der Waals surface area (Å²) in [6.45, 7) is 9.02. The first-order valence-corrected chi connectivity index (χ1v) is 18.3. The summed E-state index contributed by atoms with van der Waals surface area (Å²) in [7, 11) is 3.07. The second-order valence-corrected chi connectivity index (χ2v) is 15.6. The average molecular weight is 719 g/mol. The van der Waals surface area contributed by atoms with Crippen molar-refractivity contribution in [3.63, 3.8) is 0 Å². The molecule has 2 fully saturated rings. The number of aromatic nitrogens is 4. The van der Waals surface area contributed by atoms with Crippen LogP contribution in [-0.4, -0.2) is 31.4 Å². The smallest absolute Gasteiger partial charge is 0.282 e. The molecule has 4 aromatic rings. The Balaban J connectivity index is 0.000000162. The second-order valence-electron chi connectivity index (χ2n) is 15.6. The van der Waals surface area contributed by atoms with Crippen molar-refractivity contribution in [1.29, 1.82) is 0 Å². The Kier molecular flexibility index (Phi) is 9.54. The monoisotopic (exact) mass is 718 g/mol. The van der Waals surface area contributed by atoms with Crippen LogP contribution >= 0.6 is 0 Å². The van der Waals surface area contributed by atoms with Crippen molar-refractivity contribution in [2.45, 2.75) is 89.9 Å². The van der Waals surface area contributed by atoms with Gasteiger partial charge < -0.3 is 10.6 Å². The largest absolute Gasteiger partial charge is 0.322 e. The Morgan fingerprint density at radius 3 is 1.35 bits per heavy atom. The summed E-state index contributed by atoms with van der Waals surface area (Å²) in [5.41, 5.74) is 5.49. The van der Waals surface area contributed by atoms with Gasteiger partial charge in [-0.05, 0) is 107 Å². The van der Waals surface area contributed by atoms with Crippen LogP contribution < -0.4 is 10.6 Å². The Bertz CT molecular complexity index is 1860. The molecule has 12 heteroatoms. The van der Waals surface area contributed by atoms with E-state index in [-0.39, 0.29) is 11.1 Å². The van der Waals surface area contributed by atoms with Crippen molar-refractivity contribution in [1.82, 2.24) is 19.6 Å². The fourth-order valence-corrected chi connectivity index (χ4v) is 10.2. The molecule has 8 nitrogen and oxygen atoms in total. The van der Waals surface area contributed by atoms with Crippen molar-refractivity contribution < 1.29 is 27.2 Å². The van der Waals surface area contributed by atoms with Crippen molar-refractivity contribution in [2.24, 2.45) is 37.8 Å². The Morgan fingerprint density at radius 1 is 0.635 bits per heavy atom. The average Bonchev–Trinajstić information content (AvgIpc) is 3.94. The van der Waals surface area contributed by atoms with Gasteiger partial charge in [-0.2, -0.15) is 10.2 Å². The van der Waals surface area contributed by atoms with E-state index in [0.717, 1.165) is 24.2 Å². The van der Waals surface area contributed by atoms with Crippen molar-refractivity contribution in [3.05, 3.63) is 93.6 Å². The van der Waals surface area contributed by atoms with Crippen molar-refractivity contribution in [2.75, 3.05) is 10.6 Å². The van der Waals surface area contributed by atoms with E-state index in [1.54, 1.807) is 0 Å². The maximum Gasteiger partial charge on any atom is 0.282 e. The molecule has 0 saturated heterocycles. The van der Waals surface area contributed by atoms with Gasteiger partial charge in [-0.15, -0.1) is 0 Å². The molecule has 4 aliphatic rings. The highest BCUT2D eigenvalue weighted by Crippen LogP contribution is 2.62. The number of aryl methyl sites for hydroxylation is 2. The number of carbonyl (C=O) groups is 2. The molecule has 6 atom stereocenters. The molecule has 52 heavy (non-hydrogen) atoms. The van der Waals surface area contributed by atoms with Crippen LogP contribution in [0.1, 0.15) is 144 Å². The molecule has 276 valence electrons. The summed E-state index contributed by atoms with van der Waals surface area (Å²) in [5, 5.41) is 13.2. The van der Waals surface area contributed by atoms with Crippen LogP contribution in [0.5, 0.6) is 0 Å². The minimum absolute atomic E-state index is 0.0660. The zero-order valence-corrected chi connectivity index (χ0v) is 30.3. The van der Waals surface area contributed by atoms with E-state index in [1.165, 1.54) is 70.9 Å². The quantitative estimate of drug-likeness (QED) is 0.178. The van der Waals surface area contributed by atoms with E-state index in [0.29, 0.717) is 47.3 Å². The van der Waals surface area contributed by atoms with E-state index in [2.05, 4.69) is 60.7 Å². The fourth-order valence-electron chi connectivity index (χ4n) is 10.2. The van der Waals surface area contributed by atoms with Gasteiger partial charge in [-0.1, -0.05) is 52.0 Å². The Labute approximate surface area is 301 Å². The Hall–Kier alpha value is -4.48. The molecule has 2 N–H and O–H groups in total. The lowest BCUT2D eigenvalue weighted by atomic mass is 9.85. The first-order valence-electron chi connectivity index (χ1n) is 18.3. The molecule has 0 aliphatic heterocycles. The van der Waals surface area contributed by atoms with E-state index < -0.39 is 36.1 Å². The molecule has 2 aromatic heterocycles. The number of nitrogens with one attached hydrogen (secondary N) is 2. The topological polar surface area (TPSA) is 93.8 Å². The first kappa shape index (κ1) is 35.9. The van der Waals surface area contributed by atoms with Gasteiger partial charge in [0, 0.05) is 37.9 Å². The molecule has 2 saturated carbocycles. The van der Waals surface area contributed by atoms with Crippen LogP contribution in [0.3, 0.4) is 0 Å². The Morgan fingerprint density at radius 2 is 1.00 bits per heavy atom. The zero-order chi connectivity index (χ0) is 37.2. The predicted octanol–water partition coefficient (Wildman–Crippen LogP) is 9.71. The third kappa shape index (κ3) is 6.11. The lowest BCUT2D eigenvalue weighted by Crippen LogP contribution is -2.16. The van der Waals surface area contributed by atoms with Crippen molar-refractivity contribution >= 4 is 23.2 Å². The summed E-state index contributed by atoms with van der Waals surface area (Å²) < 4.78 is 55.2. The number of benzene rings is 2. The van der Waals surface area contributed by atoms with E-state index >= 15 is 0 Å². The van der Waals surface area contributed by atoms with Gasteiger partial charge in [0.15, 0.2) is 0 Å². The number of anilines is 2. The molecular formula is C40H46F4N6O2. The van der Waals surface area contributed by atoms with Crippen LogP contribution in [0.15, 0.2) is 48.8 Å². The number of hydrogen-bond donors (Lipinski definition) is 2. The molecule has 0 radical (unpaired) electrons. The number of carbonyl (C=O) groups excluding carboxylic acids is 2. The molecule has 2 heterocycles. The zero-order valence-electron chi connectivity index (χ0n) is 30.3. The molecule has 6 unspecified atom stereocenters. The van der Waals surface area contributed by atoms with E-state index in [9.17, 15) is 27.2 Å². The van der Waals surface area contributed by atoms with Gasteiger partial charge in [0.2, 0.25) is 0 Å². The van der Waals surface area contributed by atoms with Crippen LogP contribution in [-0.2, 0) is 14.1 Å². The molecular weight excluding hydrogens is 672 g/mol. The van der Waals surface area contributed by atoms with Crippen LogP contribution in [0, 0.1) is 23.7 Å². The third-order valence-electron chi connectivity index (χ3n) is 11.9. The van der Waals surface area contributed by atoms with Crippen LogP contribution in [0.4, 0.5) is 28.9 Å². The summed E-state index contributed by atoms with van der Waals surface area (Å²) in [4.78, 5) is 25.4. The highest BCUT2D eigenvalue weighted by Gasteiger charge is 2.49. The number of halogens is 4. The summed E-state index contributed by atoms with van der Waals surface area (Å²) in [6, 6.07) is 12.0. The number of alkyl halides is 4. The number of fused-ring (bicyclic) bond motifs is 10. The SMILES string of the molecule is CC(C)C1C2CCC1c1c(NC(=O)c3cn(C)nc3C(F)F)cccc12.CC(C)C1C2CCC1c1c(NC(=O)c3cn(C)nc3C(F)F)cccc12. The highest BCUT2D eigenvalue weighted by molar-refractivity contribution is 6.06. The summed E-state index contributed by atoms with van der Waals surface area (Å²) in [6.07, 6.45) is 1.78. The summed E-state index contributed by atoms with van der Waals surface area (Å²) in [5.74, 6) is 3.26. The lowest BCUT2D eigenvalue weighted by molar-refractivity contribution is 0.100.